The fraction of sp³-hybridized carbons (Fsp3) is 0.211. The van der Waals surface area contributed by atoms with Crippen LogP contribution in [0.4, 0.5) is 0 Å². The van der Waals surface area contributed by atoms with Crippen molar-refractivity contribution in [2.24, 2.45) is 5.73 Å². The first-order chi connectivity index (χ1) is 13.1. The second-order valence-electron chi connectivity index (χ2n) is 5.66. The highest BCUT2D eigenvalue weighted by atomic mass is 16.5. The number of hydrogen-bond donors (Lipinski definition) is 3. The van der Waals surface area contributed by atoms with E-state index in [1.807, 2.05) is 31.2 Å². The number of ether oxygens (including phenoxy) is 2. The van der Waals surface area contributed by atoms with E-state index in [0.29, 0.717) is 18.1 Å². The van der Waals surface area contributed by atoms with Gasteiger partial charge in [-0.3, -0.25) is 15.6 Å². The summed E-state index contributed by atoms with van der Waals surface area (Å²) in [4.78, 5) is 24.5. The number of amides is 1. The number of hydrogen-bond acceptors (Lipinski definition) is 6. The number of nitrogens with two attached hydrogens (primary N) is 1. The van der Waals surface area contributed by atoms with Crippen LogP contribution in [0.2, 0.25) is 0 Å². The van der Waals surface area contributed by atoms with Crippen molar-refractivity contribution in [1.29, 1.82) is 0 Å². The second-order valence-corrected chi connectivity index (χ2v) is 5.66. The number of H-pyrrole nitrogens is 1. The lowest BCUT2D eigenvalue weighted by atomic mass is 10.1. The summed E-state index contributed by atoms with van der Waals surface area (Å²) in [6.45, 7) is 2.22. The minimum atomic E-state index is -0.576. The van der Waals surface area contributed by atoms with E-state index in [0.717, 1.165) is 16.5 Å². The van der Waals surface area contributed by atoms with Crippen LogP contribution in [0.5, 0.6) is 5.75 Å². The maximum Gasteiger partial charge on any atom is 0.343 e. The van der Waals surface area contributed by atoms with Crippen LogP contribution in [0.15, 0.2) is 42.5 Å². The highest BCUT2D eigenvalue weighted by Crippen LogP contribution is 2.22. The molecule has 0 saturated heterocycles. The fourth-order valence-electron chi connectivity index (χ4n) is 2.68. The molecule has 140 valence electrons. The van der Waals surface area contributed by atoms with Crippen molar-refractivity contribution in [2.75, 3.05) is 13.3 Å². The molecule has 0 aliphatic rings. The van der Waals surface area contributed by atoms with Gasteiger partial charge < -0.3 is 14.8 Å². The molecule has 8 heteroatoms. The largest absolute Gasteiger partial charge is 0.493 e. The van der Waals surface area contributed by atoms with Gasteiger partial charge in [0.25, 0.3) is 5.91 Å². The third kappa shape index (κ3) is 4.06. The highest BCUT2D eigenvalue weighted by molar-refractivity contribution is 6.04. The lowest BCUT2D eigenvalue weighted by Crippen LogP contribution is -2.23. The highest BCUT2D eigenvalue weighted by Gasteiger charge is 2.16. The number of benzene rings is 2. The molecule has 0 radical (unpaired) electrons. The van der Waals surface area contributed by atoms with Crippen molar-refractivity contribution < 1.29 is 19.1 Å². The van der Waals surface area contributed by atoms with Crippen molar-refractivity contribution >= 4 is 22.8 Å². The lowest BCUT2D eigenvalue weighted by Gasteiger charge is -2.11. The number of esters is 1. The summed E-state index contributed by atoms with van der Waals surface area (Å²) in [5.41, 5.74) is 7.36. The normalized spacial score (nSPS) is 10.6. The number of para-hydroxylation sites is 1. The molecule has 1 heterocycles. The number of carbonyl (C=O) groups excluding carboxylic acids is 2. The Balaban J connectivity index is 1.76. The molecule has 27 heavy (non-hydrogen) atoms. The van der Waals surface area contributed by atoms with Crippen molar-refractivity contribution in [3.63, 3.8) is 0 Å². The molecular weight excluding hydrogens is 348 g/mol. The molecule has 0 aliphatic carbocycles. The van der Waals surface area contributed by atoms with Gasteiger partial charge in [0, 0.05) is 11.9 Å². The summed E-state index contributed by atoms with van der Waals surface area (Å²) in [6, 6.07) is 12.4. The van der Waals surface area contributed by atoms with Gasteiger partial charge in [0.2, 0.25) is 0 Å². The minimum absolute atomic E-state index is 0.218. The molecule has 0 unspecified atom stereocenters. The number of nitrogens with one attached hydrogen (secondary N) is 2. The number of nitrogens with zero attached hydrogens (tertiary/aromatic N) is 1. The van der Waals surface area contributed by atoms with E-state index in [4.69, 9.17) is 15.2 Å². The van der Waals surface area contributed by atoms with Gasteiger partial charge in [0.15, 0.2) is 5.69 Å². The van der Waals surface area contributed by atoms with Gasteiger partial charge in [-0.1, -0.05) is 24.3 Å². The van der Waals surface area contributed by atoms with E-state index in [2.05, 4.69) is 15.5 Å². The average Bonchev–Trinajstić information content (AvgIpc) is 3.11. The van der Waals surface area contributed by atoms with Gasteiger partial charge in [-0.25, -0.2) is 4.79 Å². The standard InChI is InChI=1S/C19H20N4O4/c1-2-26-16-8-7-12(9-14(16)19(25)27-11-20)10-21-18(24)17-13-5-3-4-6-15(13)22-23-17/h3-9H,2,10-11,20H2,1H3,(H,21,24)(H,22,23). The Hall–Kier alpha value is -3.39. The number of rotatable bonds is 7. The fourth-order valence-corrected chi connectivity index (χ4v) is 2.68. The van der Waals surface area contributed by atoms with Gasteiger partial charge in [0.1, 0.15) is 18.0 Å². The summed E-state index contributed by atoms with van der Waals surface area (Å²) in [5, 5.41) is 10.4. The monoisotopic (exact) mass is 368 g/mol. The van der Waals surface area contributed by atoms with Crippen molar-refractivity contribution in [3.05, 3.63) is 59.3 Å². The molecule has 0 bridgehead atoms. The Bertz CT molecular complexity index is 967. The van der Waals surface area contributed by atoms with E-state index >= 15 is 0 Å². The Morgan fingerprint density at radius 2 is 2.04 bits per heavy atom. The van der Waals surface area contributed by atoms with Crippen LogP contribution in [-0.4, -0.2) is 35.4 Å². The van der Waals surface area contributed by atoms with E-state index in [1.165, 1.54) is 0 Å². The second kappa shape index (κ2) is 8.33. The zero-order valence-electron chi connectivity index (χ0n) is 14.8. The van der Waals surface area contributed by atoms with Crippen LogP contribution < -0.4 is 15.8 Å². The molecule has 3 rings (SSSR count). The molecule has 0 fully saturated rings. The Kier molecular flexibility index (Phi) is 5.68. The third-order valence-electron chi connectivity index (χ3n) is 3.92. The van der Waals surface area contributed by atoms with Crippen LogP contribution in [0, 0.1) is 0 Å². The molecule has 2 aromatic carbocycles. The number of carbonyl (C=O) groups is 2. The predicted molar refractivity (Wildman–Crippen MR) is 99.3 cm³/mol. The van der Waals surface area contributed by atoms with Crippen LogP contribution >= 0.6 is 0 Å². The van der Waals surface area contributed by atoms with E-state index in [-0.39, 0.29) is 24.7 Å². The van der Waals surface area contributed by atoms with Gasteiger partial charge in [-0.15, -0.1) is 0 Å². The van der Waals surface area contributed by atoms with Crippen LogP contribution in [0.25, 0.3) is 10.9 Å². The zero-order chi connectivity index (χ0) is 19.2. The first-order valence-corrected chi connectivity index (χ1v) is 8.48. The first-order valence-electron chi connectivity index (χ1n) is 8.48. The van der Waals surface area contributed by atoms with E-state index in [1.54, 1.807) is 18.2 Å². The number of aromatic amines is 1. The molecule has 8 nitrogen and oxygen atoms in total. The topological polar surface area (TPSA) is 119 Å². The van der Waals surface area contributed by atoms with Crippen LogP contribution in [-0.2, 0) is 11.3 Å². The van der Waals surface area contributed by atoms with Gasteiger partial charge in [-0.2, -0.15) is 5.10 Å². The Morgan fingerprint density at radius 1 is 1.22 bits per heavy atom. The summed E-state index contributed by atoms with van der Waals surface area (Å²) < 4.78 is 10.3. The molecule has 0 aliphatic heterocycles. The SMILES string of the molecule is CCOc1ccc(CNC(=O)c2n[nH]c3ccccc23)cc1C(=O)OCN. The maximum absolute atomic E-state index is 12.5. The van der Waals surface area contributed by atoms with Crippen LogP contribution in [0.3, 0.4) is 0 Å². The Morgan fingerprint density at radius 3 is 2.81 bits per heavy atom. The lowest BCUT2D eigenvalue weighted by molar-refractivity contribution is 0.0510. The first kappa shape index (κ1) is 18.4. The quantitative estimate of drug-likeness (QED) is 0.433. The predicted octanol–water partition coefficient (Wildman–Crippen LogP) is 1.96. The summed E-state index contributed by atoms with van der Waals surface area (Å²) in [5.74, 6) is -0.482. The van der Waals surface area contributed by atoms with E-state index < -0.39 is 5.97 Å². The maximum atomic E-state index is 12.5. The number of fused-ring (bicyclic) bond motifs is 1. The molecule has 0 saturated carbocycles. The van der Waals surface area contributed by atoms with Crippen LogP contribution in [0.1, 0.15) is 33.3 Å². The van der Waals surface area contributed by atoms with E-state index in [9.17, 15) is 9.59 Å². The van der Waals surface area contributed by atoms with Gasteiger partial charge >= 0.3 is 5.97 Å². The minimum Gasteiger partial charge on any atom is -0.493 e. The summed E-state index contributed by atoms with van der Waals surface area (Å²) in [6.07, 6.45) is 0. The zero-order valence-corrected chi connectivity index (χ0v) is 14.8. The molecule has 0 spiro atoms. The molecule has 1 aromatic heterocycles. The molecule has 1 amide bonds. The smallest absolute Gasteiger partial charge is 0.343 e. The average molecular weight is 368 g/mol. The molecular formula is C19H20N4O4. The van der Waals surface area contributed by atoms with Gasteiger partial charge in [-0.05, 0) is 30.7 Å². The third-order valence-corrected chi connectivity index (χ3v) is 3.92. The van der Waals surface area contributed by atoms with Crippen molar-refractivity contribution in [3.8, 4) is 5.75 Å². The van der Waals surface area contributed by atoms with Crippen molar-refractivity contribution in [2.45, 2.75) is 13.5 Å². The van der Waals surface area contributed by atoms with Gasteiger partial charge in [0.05, 0.1) is 12.1 Å². The number of aromatic nitrogens is 2. The van der Waals surface area contributed by atoms with Crippen molar-refractivity contribution in [1.82, 2.24) is 15.5 Å². The molecule has 4 N–H and O–H groups in total. The molecule has 0 atom stereocenters. The summed E-state index contributed by atoms with van der Waals surface area (Å²) in [7, 11) is 0. The Labute approximate surface area is 155 Å². The summed E-state index contributed by atoms with van der Waals surface area (Å²) >= 11 is 0. The molecule has 3 aromatic rings.